The van der Waals surface area contributed by atoms with Crippen LogP contribution in [0.4, 0.5) is 10.4 Å². The number of aromatic nitrogens is 2. The maximum absolute atomic E-state index is 13.8. The minimum Gasteiger partial charge on any atom is -0.335 e. The number of hydrogen-bond acceptors (Lipinski definition) is 6. The smallest absolute Gasteiger partial charge is 0.322 e. The third-order valence-electron chi connectivity index (χ3n) is 4.69. The lowest BCUT2D eigenvalue weighted by Crippen LogP contribution is -2.34. The van der Waals surface area contributed by atoms with Crippen LogP contribution in [0.1, 0.15) is 32.6 Å². The van der Waals surface area contributed by atoms with E-state index in [9.17, 15) is 12.8 Å². The van der Waals surface area contributed by atoms with Crippen molar-refractivity contribution in [3.63, 3.8) is 0 Å². The summed E-state index contributed by atoms with van der Waals surface area (Å²) in [6.07, 6.45) is 3.60. The quantitative estimate of drug-likeness (QED) is 0.764. The van der Waals surface area contributed by atoms with E-state index in [0.29, 0.717) is 18.0 Å². The average Bonchev–Trinajstić information content (AvgIpc) is 3.10. The van der Waals surface area contributed by atoms with E-state index in [0.717, 1.165) is 25.7 Å². The molecule has 0 radical (unpaired) electrons. The topological polar surface area (TPSA) is 97.1 Å². The van der Waals surface area contributed by atoms with Gasteiger partial charge in [-0.3, -0.25) is 0 Å². The van der Waals surface area contributed by atoms with Crippen molar-refractivity contribution in [2.45, 2.75) is 38.6 Å². The second-order valence-electron chi connectivity index (χ2n) is 6.52. The monoisotopic (exact) mass is 382 g/mol. The lowest BCUT2D eigenvalue weighted by molar-refractivity contribution is 0.330. The first kappa shape index (κ1) is 18.8. The van der Waals surface area contributed by atoms with E-state index in [1.165, 1.54) is 6.07 Å². The van der Waals surface area contributed by atoms with E-state index in [1.807, 2.05) is 0 Å². The summed E-state index contributed by atoms with van der Waals surface area (Å²) in [5, 5.41) is 7.02. The van der Waals surface area contributed by atoms with Crippen LogP contribution in [0.3, 0.4) is 0 Å². The van der Waals surface area contributed by atoms with Crippen LogP contribution in [0.15, 0.2) is 28.8 Å². The van der Waals surface area contributed by atoms with Crippen LogP contribution >= 0.6 is 0 Å². The molecule has 0 aliphatic heterocycles. The first-order valence-corrected chi connectivity index (χ1v) is 10.4. The van der Waals surface area contributed by atoms with Gasteiger partial charge >= 0.3 is 6.01 Å². The SMILES string of the molecule is CCS(=O)(=O)NC[C@H]1CC[C@H](Nc2nc(-c3ccccc3F)no2)CC1. The van der Waals surface area contributed by atoms with Gasteiger partial charge in [0.2, 0.25) is 15.8 Å². The van der Waals surface area contributed by atoms with Gasteiger partial charge in [-0.25, -0.2) is 17.5 Å². The lowest BCUT2D eigenvalue weighted by Gasteiger charge is -2.28. The van der Waals surface area contributed by atoms with Crippen molar-refractivity contribution in [3.05, 3.63) is 30.1 Å². The van der Waals surface area contributed by atoms with E-state index in [2.05, 4.69) is 20.2 Å². The highest BCUT2D eigenvalue weighted by molar-refractivity contribution is 7.89. The van der Waals surface area contributed by atoms with Crippen LogP contribution in [-0.2, 0) is 10.0 Å². The fourth-order valence-electron chi connectivity index (χ4n) is 3.07. The molecule has 0 bridgehead atoms. The number of nitrogens with one attached hydrogen (secondary N) is 2. The van der Waals surface area contributed by atoms with Crippen LogP contribution in [0.5, 0.6) is 0 Å². The summed E-state index contributed by atoms with van der Waals surface area (Å²) in [6, 6.07) is 6.74. The Hall–Kier alpha value is -2.00. The molecule has 1 fully saturated rings. The normalized spacial score (nSPS) is 20.8. The number of benzene rings is 1. The van der Waals surface area contributed by atoms with Crippen LogP contribution < -0.4 is 10.0 Å². The van der Waals surface area contributed by atoms with Gasteiger partial charge < -0.3 is 9.84 Å². The molecule has 26 heavy (non-hydrogen) atoms. The second-order valence-corrected chi connectivity index (χ2v) is 8.61. The van der Waals surface area contributed by atoms with Crippen LogP contribution in [0.25, 0.3) is 11.4 Å². The zero-order valence-electron chi connectivity index (χ0n) is 14.6. The Morgan fingerprint density at radius 1 is 1.23 bits per heavy atom. The van der Waals surface area contributed by atoms with E-state index >= 15 is 0 Å². The molecular formula is C17H23FN4O3S. The molecule has 7 nitrogen and oxygen atoms in total. The zero-order valence-corrected chi connectivity index (χ0v) is 15.4. The first-order chi connectivity index (χ1) is 12.5. The van der Waals surface area contributed by atoms with Gasteiger partial charge in [0.1, 0.15) is 5.82 Å². The molecular weight excluding hydrogens is 359 g/mol. The summed E-state index contributed by atoms with van der Waals surface area (Å²) in [4.78, 5) is 4.21. The summed E-state index contributed by atoms with van der Waals surface area (Å²) in [5.41, 5.74) is 0.302. The first-order valence-electron chi connectivity index (χ1n) is 8.79. The van der Waals surface area contributed by atoms with E-state index < -0.39 is 15.8 Å². The molecule has 9 heteroatoms. The molecule has 3 rings (SSSR count). The Kier molecular flexibility index (Phi) is 5.87. The van der Waals surface area contributed by atoms with Gasteiger partial charge in [-0.15, -0.1) is 0 Å². The number of hydrogen-bond donors (Lipinski definition) is 2. The second kappa shape index (κ2) is 8.13. The summed E-state index contributed by atoms with van der Waals surface area (Å²) in [5.74, 6) is 0.264. The predicted octanol–water partition coefficient (Wildman–Crippen LogP) is 2.79. The standard InChI is InChI=1S/C17H23FN4O3S/c1-2-26(23,24)19-11-12-7-9-13(10-8-12)20-17-21-16(22-25-17)14-5-3-4-6-15(14)18/h3-6,12-13,19H,2,7-11H2,1H3,(H,20,21,22)/t12-,13-. The molecule has 0 unspecified atom stereocenters. The zero-order chi connectivity index (χ0) is 18.6. The van der Waals surface area contributed by atoms with Gasteiger partial charge in [-0.1, -0.05) is 17.3 Å². The van der Waals surface area contributed by atoms with Gasteiger partial charge in [0.05, 0.1) is 11.3 Å². The van der Waals surface area contributed by atoms with Crippen LogP contribution in [0, 0.1) is 11.7 Å². The summed E-state index contributed by atoms with van der Waals surface area (Å²) < 4.78 is 44.6. The molecule has 0 spiro atoms. The number of rotatable bonds is 7. The minimum atomic E-state index is -3.14. The Morgan fingerprint density at radius 3 is 2.65 bits per heavy atom. The molecule has 1 aromatic heterocycles. The van der Waals surface area contributed by atoms with Crippen LogP contribution in [-0.4, -0.2) is 36.9 Å². The van der Waals surface area contributed by atoms with Crippen molar-refractivity contribution < 1.29 is 17.3 Å². The van der Waals surface area contributed by atoms with E-state index in [1.54, 1.807) is 25.1 Å². The third kappa shape index (κ3) is 4.79. The lowest BCUT2D eigenvalue weighted by atomic mass is 9.86. The minimum absolute atomic E-state index is 0.103. The van der Waals surface area contributed by atoms with Crippen molar-refractivity contribution in [1.29, 1.82) is 0 Å². The Balaban J connectivity index is 1.50. The summed E-state index contributed by atoms with van der Waals surface area (Å²) in [7, 11) is -3.14. The van der Waals surface area contributed by atoms with Crippen molar-refractivity contribution in [2.24, 2.45) is 5.92 Å². The molecule has 0 saturated heterocycles. The predicted molar refractivity (Wildman–Crippen MR) is 96.5 cm³/mol. The van der Waals surface area contributed by atoms with E-state index in [4.69, 9.17) is 4.52 Å². The molecule has 1 saturated carbocycles. The number of nitrogens with zero attached hydrogens (tertiary/aromatic N) is 2. The van der Waals surface area contributed by atoms with Gasteiger partial charge in [0.15, 0.2) is 0 Å². The maximum atomic E-state index is 13.8. The maximum Gasteiger partial charge on any atom is 0.322 e. The fraction of sp³-hybridized carbons (Fsp3) is 0.529. The number of halogens is 1. The van der Waals surface area contributed by atoms with Crippen molar-refractivity contribution in [1.82, 2.24) is 14.9 Å². The molecule has 1 aliphatic rings. The number of anilines is 1. The average molecular weight is 382 g/mol. The number of sulfonamides is 1. The molecule has 142 valence electrons. The van der Waals surface area contributed by atoms with Gasteiger partial charge in [0.25, 0.3) is 0 Å². The van der Waals surface area contributed by atoms with Gasteiger partial charge in [0, 0.05) is 12.6 Å². The Labute approximate surface area is 152 Å². The Morgan fingerprint density at radius 2 is 1.96 bits per heavy atom. The van der Waals surface area contributed by atoms with E-state index in [-0.39, 0.29) is 23.6 Å². The Bertz CT molecular complexity index is 832. The largest absolute Gasteiger partial charge is 0.335 e. The highest BCUT2D eigenvalue weighted by Crippen LogP contribution is 2.27. The van der Waals surface area contributed by atoms with Gasteiger partial charge in [-0.2, -0.15) is 4.98 Å². The summed E-state index contributed by atoms with van der Waals surface area (Å²) >= 11 is 0. The van der Waals surface area contributed by atoms with Crippen molar-refractivity contribution in [2.75, 3.05) is 17.6 Å². The molecule has 1 aromatic carbocycles. The fourth-order valence-corrected chi connectivity index (χ4v) is 3.76. The molecule has 2 aromatic rings. The highest BCUT2D eigenvalue weighted by atomic mass is 32.2. The summed E-state index contributed by atoms with van der Waals surface area (Å²) in [6.45, 7) is 2.12. The van der Waals surface area contributed by atoms with Gasteiger partial charge in [-0.05, 0) is 50.7 Å². The third-order valence-corrected chi connectivity index (χ3v) is 6.05. The highest BCUT2D eigenvalue weighted by Gasteiger charge is 2.24. The van der Waals surface area contributed by atoms with Crippen LogP contribution in [0.2, 0.25) is 0 Å². The van der Waals surface area contributed by atoms with Crippen molar-refractivity contribution >= 4 is 16.0 Å². The van der Waals surface area contributed by atoms with Crippen molar-refractivity contribution in [3.8, 4) is 11.4 Å². The molecule has 2 N–H and O–H groups in total. The molecule has 1 heterocycles. The molecule has 0 amide bonds. The molecule has 0 atom stereocenters. The molecule has 1 aliphatic carbocycles.